The normalized spacial score (nSPS) is 16.8. The molecule has 108 valence electrons. The second kappa shape index (κ2) is 5.60. The molecule has 1 amide bonds. The minimum absolute atomic E-state index is 0.0154. The third-order valence-electron chi connectivity index (χ3n) is 3.79. The van der Waals surface area contributed by atoms with E-state index in [9.17, 15) is 4.79 Å². The number of carbonyl (C=O) groups is 1. The Hall–Kier alpha value is -2.29. The number of hydrogen-bond acceptors (Lipinski definition) is 2. The van der Waals surface area contributed by atoms with E-state index in [4.69, 9.17) is 4.74 Å². The Morgan fingerprint density at radius 1 is 1.14 bits per heavy atom. The third kappa shape index (κ3) is 2.92. The number of ether oxygens (including phenoxy) is 1. The summed E-state index contributed by atoms with van der Waals surface area (Å²) < 4.78 is 5.66. The molecule has 2 aromatic rings. The van der Waals surface area contributed by atoms with E-state index >= 15 is 0 Å². The van der Waals surface area contributed by atoms with E-state index in [1.807, 2.05) is 50.2 Å². The average molecular weight is 281 g/mol. The number of carbonyl (C=O) groups excluding carboxylic acids is 1. The standard InChI is InChI=1S/C18H19NO2/c1-12-4-3-5-14(10-12)18(20)19-16-8-9-21-17-7-6-13(2)11-15(16)17/h3-7,10-11,16H,8-9H2,1-2H3,(H,19,20). The van der Waals surface area contributed by atoms with Crippen LogP contribution >= 0.6 is 0 Å². The number of fused-ring (bicyclic) bond motifs is 1. The zero-order chi connectivity index (χ0) is 14.8. The smallest absolute Gasteiger partial charge is 0.251 e. The number of hydrogen-bond donors (Lipinski definition) is 1. The summed E-state index contributed by atoms with van der Waals surface area (Å²) in [5.74, 6) is 0.847. The summed E-state index contributed by atoms with van der Waals surface area (Å²) in [6.07, 6.45) is 0.800. The van der Waals surface area contributed by atoms with Crippen molar-refractivity contribution >= 4 is 5.91 Å². The van der Waals surface area contributed by atoms with E-state index < -0.39 is 0 Å². The largest absolute Gasteiger partial charge is 0.493 e. The van der Waals surface area contributed by atoms with Crippen LogP contribution in [0, 0.1) is 13.8 Å². The second-order valence-electron chi connectivity index (χ2n) is 5.57. The van der Waals surface area contributed by atoms with Crippen LogP contribution in [0.25, 0.3) is 0 Å². The summed E-state index contributed by atoms with van der Waals surface area (Å²) in [5.41, 5.74) is 4.04. The predicted molar refractivity (Wildman–Crippen MR) is 82.7 cm³/mol. The molecule has 3 nitrogen and oxygen atoms in total. The molecule has 1 heterocycles. The van der Waals surface area contributed by atoms with E-state index in [1.54, 1.807) is 0 Å². The van der Waals surface area contributed by atoms with Gasteiger partial charge in [0.15, 0.2) is 0 Å². The molecule has 1 aliphatic rings. The first-order valence-electron chi connectivity index (χ1n) is 7.24. The molecule has 0 saturated carbocycles. The highest BCUT2D eigenvalue weighted by molar-refractivity contribution is 5.94. The van der Waals surface area contributed by atoms with Crippen molar-refractivity contribution < 1.29 is 9.53 Å². The van der Waals surface area contributed by atoms with Crippen molar-refractivity contribution in [2.24, 2.45) is 0 Å². The van der Waals surface area contributed by atoms with Crippen LogP contribution in [0.2, 0.25) is 0 Å². The first-order valence-corrected chi connectivity index (χ1v) is 7.24. The maximum atomic E-state index is 12.4. The lowest BCUT2D eigenvalue weighted by molar-refractivity contribution is 0.0924. The van der Waals surface area contributed by atoms with Gasteiger partial charge in [-0.2, -0.15) is 0 Å². The van der Waals surface area contributed by atoms with E-state index in [2.05, 4.69) is 11.4 Å². The SMILES string of the molecule is Cc1cccc(C(=O)NC2CCOc3ccc(C)cc32)c1. The van der Waals surface area contributed by atoms with Gasteiger partial charge in [-0.25, -0.2) is 0 Å². The first-order chi connectivity index (χ1) is 10.1. The fourth-order valence-corrected chi connectivity index (χ4v) is 2.69. The lowest BCUT2D eigenvalue weighted by Gasteiger charge is -2.27. The van der Waals surface area contributed by atoms with Crippen LogP contribution in [0.3, 0.4) is 0 Å². The Bertz CT molecular complexity index is 679. The van der Waals surface area contributed by atoms with Crippen LogP contribution < -0.4 is 10.1 Å². The molecule has 0 aromatic heterocycles. The first kappa shape index (κ1) is 13.7. The lowest BCUT2D eigenvalue weighted by atomic mass is 9.98. The van der Waals surface area contributed by atoms with Gasteiger partial charge >= 0.3 is 0 Å². The molecule has 1 N–H and O–H groups in total. The highest BCUT2D eigenvalue weighted by atomic mass is 16.5. The fraction of sp³-hybridized carbons (Fsp3) is 0.278. The summed E-state index contributed by atoms with van der Waals surface area (Å²) in [4.78, 5) is 12.4. The van der Waals surface area contributed by atoms with Gasteiger partial charge in [0.25, 0.3) is 5.91 Å². The Morgan fingerprint density at radius 2 is 1.95 bits per heavy atom. The Morgan fingerprint density at radius 3 is 2.76 bits per heavy atom. The quantitative estimate of drug-likeness (QED) is 0.914. The van der Waals surface area contributed by atoms with Crippen molar-refractivity contribution in [3.63, 3.8) is 0 Å². The average Bonchev–Trinajstić information content (AvgIpc) is 2.48. The number of benzene rings is 2. The molecule has 1 atom stereocenters. The number of rotatable bonds is 2. The van der Waals surface area contributed by atoms with E-state index in [0.29, 0.717) is 12.2 Å². The van der Waals surface area contributed by atoms with Crippen molar-refractivity contribution in [2.75, 3.05) is 6.61 Å². The molecular formula is C18H19NO2. The van der Waals surface area contributed by atoms with Crippen molar-refractivity contribution in [2.45, 2.75) is 26.3 Å². The zero-order valence-corrected chi connectivity index (χ0v) is 12.3. The summed E-state index contributed by atoms with van der Waals surface area (Å²) in [6.45, 7) is 4.67. The van der Waals surface area contributed by atoms with Crippen LogP contribution in [-0.4, -0.2) is 12.5 Å². The second-order valence-corrected chi connectivity index (χ2v) is 5.57. The van der Waals surface area contributed by atoms with Crippen LogP contribution in [0.5, 0.6) is 5.75 Å². The molecule has 0 radical (unpaired) electrons. The van der Waals surface area contributed by atoms with Gasteiger partial charge in [0, 0.05) is 17.5 Å². The van der Waals surface area contributed by atoms with Gasteiger partial charge in [0.1, 0.15) is 5.75 Å². The van der Waals surface area contributed by atoms with Crippen LogP contribution in [0.4, 0.5) is 0 Å². The molecule has 3 rings (SSSR count). The third-order valence-corrected chi connectivity index (χ3v) is 3.79. The molecule has 0 bridgehead atoms. The Kier molecular flexibility index (Phi) is 3.65. The van der Waals surface area contributed by atoms with Crippen molar-refractivity contribution in [1.29, 1.82) is 0 Å². The topological polar surface area (TPSA) is 38.3 Å². The molecular weight excluding hydrogens is 262 g/mol. The zero-order valence-electron chi connectivity index (χ0n) is 12.3. The molecule has 1 aliphatic heterocycles. The van der Waals surface area contributed by atoms with E-state index in [-0.39, 0.29) is 11.9 Å². The van der Waals surface area contributed by atoms with Gasteiger partial charge in [0.2, 0.25) is 0 Å². The maximum Gasteiger partial charge on any atom is 0.251 e. The van der Waals surface area contributed by atoms with Crippen molar-refractivity contribution in [3.05, 3.63) is 64.7 Å². The van der Waals surface area contributed by atoms with Gasteiger partial charge in [-0.05, 0) is 32.0 Å². The minimum atomic E-state index is -0.0296. The van der Waals surface area contributed by atoms with Gasteiger partial charge in [-0.3, -0.25) is 4.79 Å². The van der Waals surface area contributed by atoms with Crippen LogP contribution in [0.1, 0.15) is 39.5 Å². The number of aryl methyl sites for hydroxylation is 2. The fourth-order valence-electron chi connectivity index (χ4n) is 2.69. The summed E-state index contributed by atoms with van der Waals surface area (Å²) in [5, 5.41) is 3.13. The monoisotopic (exact) mass is 281 g/mol. The predicted octanol–water partition coefficient (Wildman–Crippen LogP) is 3.56. The highest BCUT2D eigenvalue weighted by Crippen LogP contribution is 2.32. The van der Waals surface area contributed by atoms with Crippen LogP contribution in [0.15, 0.2) is 42.5 Å². The van der Waals surface area contributed by atoms with Gasteiger partial charge in [0.05, 0.1) is 12.6 Å². The minimum Gasteiger partial charge on any atom is -0.493 e. The Balaban J connectivity index is 1.83. The van der Waals surface area contributed by atoms with Crippen molar-refractivity contribution in [1.82, 2.24) is 5.32 Å². The van der Waals surface area contributed by atoms with Gasteiger partial charge in [-0.1, -0.05) is 35.4 Å². The lowest BCUT2D eigenvalue weighted by Crippen LogP contribution is -2.32. The molecule has 0 aliphatic carbocycles. The van der Waals surface area contributed by atoms with Gasteiger partial charge in [-0.15, -0.1) is 0 Å². The molecule has 1 unspecified atom stereocenters. The highest BCUT2D eigenvalue weighted by Gasteiger charge is 2.23. The molecule has 0 fully saturated rings. The number of amides is 1. The molecule has 0 spiro atoms. The van der Waals surface area contributed by atoms with Crippen molar-refractivity contribution in [3.8, 4) is 5.75 Å². The van der Waals surface area contributed by atoms with Gasteiger partial charge < -0.3 is 10.1 Å². The summed E-state index contributed by atoms with van der Waals surface area (Å²) in [6, 6.07) is 13.8. The van der Waals surface area contributed by atoms with E-state index in [1.165, 1.54) is 5.56 Å². The summed E-state index contributed by atoms with van der Waals surface area (Å²) in [7, 11) is 0. The maximum absolute atomic E-state index is 12.4. The summed E-state index contributed by atoms with van der Waals surface area (Å²) >= 11 is 0. The van der Waals surface area contributed by atoms with Crippen LogP contribution in [-0.2, 0) is 0 Å². The molecule has 2 aromatic carbocycles. The molecule has 21 heavy (non-hydrogen) atoms. The Labute approximate surface area is 124 Å². The van der Waals surface area contributed by atoms with E-state index in [0.717, 1.165) is 23.3 Å². The number of nitrogens with one attached hydrogen (secondary N) is 1. The molecule has 3 heteroatoms. The molecule has 0 saturated heterocycles.